The number of rotatable bonds is 6. The summed E-state index contributed by atoms with van der Waals surface area (Å²) in [5.41, 5.74) is 1.05. The Kier molecular flexibility index (Phi) is 5.26. The molecule has 1 aromatic rings. The molecule has 3 heteroatoms. The number of hydrogen-bond acceptors (Lipinski definition) is 3. The van der Waals surface area contributed by atoms with Crippen LogP contribution in [0.4, 0.5) is 0 Å². The third-order valence-corrected chi connectivity index (χ3v) is 2.40. The molecule has 0 aliphatic heterocycles. The van der Waals surface area contributed by atoms with E-state index in [9.17, 15) is 0 Å². The average molecular weight is 222 g/mol. The summed E-state index contributed by atoms with van der Waals surface area (Å²) in [6.07, 6.45) is 3.06. The lowest BCUT2D eigenvalue weighted by atomic mass is 10.3. The van der Waals surface area contributed by atoms with Gasteiger partial charge in [-0.1, -0.05) is 20.8 Å². The smallest absolute Gasteiger partial charge is 0.138 e. The summed E-state index contributed by atoms with van der Waals surface area (Å²) in [7, 11) is 0. The molecule has 0 radical (unpaired) electrons. The molecule has 1 heterocycles. The van der Waals surface area contributed by atoms with Crippen molar-refractivity contribution < 1.29 is 4.74 Å². The van der Waals surface area contributed by atoms with Crippen molar-refractivity contribution in [3.63, 3.8) is 0 Å². The highest BCUT2D eigenvalue weighted by Crippen LogP contribution is 2.12. The van der Waals surface area contributed by atoms with Crippen molar-refractivity contribution in [3.8, 4) is 5.75 Å². The molecular weight excluding hydrogens is 200 g/mol. The normalized spacial score (nSPS) is 12.8. The van der Waals surface area contributed by atoms with Crippen LogP contribution in [0.2, 0.25) is 0 Å². The Hall–Kier alpha value is -1.09. The lowest BCUT2D eigenvalue weighted by Gasteiger charge is -2.12. The Balaban J connectivity index is 2.47. The summed E-state index contributed by atoms with van der Waals surface area (Å²) in [5, 5.41) is 3.33. The molecule has 0 aliphatic carbocycles. The fraction of sp³-hybridized carbons (Fsp3) is 0.615. The zero-order valence-corrected chi connectivity index (χ0v) is 10.7. The maximum Gasteiger partial charge on any atom is 0.138 e. The van der Waals surface area contributed by atoms with Crippen LogP contribution in [0.3, 0.4) is 0 Å². The van der Waals surface area contributed by atoms with Crippen molar-refractivity contribution in [3.05, 3.63) is 24.0 Å². The van der Waals surface area contributed by atoms with E-state index in [0.29, 0.717) is 6.04 Å². The third kappa shape index (κ3) is 4.62. The zero-order valence-electron chi connectivity index (χ0n) is 10.7. The van der Waals surface area contributed by atoms with Gasteiger partial charge in [0.05, 0.1) is 18.0 Å². The van der Waals surface area contributed by atoms with E-state index in [1.807, 2.05) is 12.1 Å². The number of ether oxygens (including phenoxy) is 1. The predicted octanol–water partition coefficient (Wildman–Crippen LogP) is 2.76. The molecule has 1 aromatic heterocycles. The van der Waals surface area contributed by atoms with Gasteiger partial charge >= 0.3 is 0 Å². The summed E-state index contributed by atoms with van der Waals surface area (Å²) in [6, 6.07) is 4.47. The molecule has 0 aliphatic rings. The minimum absolute atomic E-state index is 0.251. The Morgan fingerprint density at radius 2 is 2.06 bits per heavy atom. The van der Waals surface area contributed by atoms with Gasteiger partial charge < -0.3 is 10.1 Å². The highest BCUT2D eigenvalue weighted by molar-refractivity contribution is 5.20. The number of aromatic nitrogens is 1. The molecule has 1 N–H and O–H groups in total. The van der Waals surface area contributed by atoms with Crippen LogP contribution in [0, 0.1) is 0 Å². The van der Waals surface area contributed by atoms with Gasteiger partial charge in [-0.05, 0) is 25.5 Å². The molecule has 0 amide bonds. The minimum atomic E-state index is 0.251. The number of pyridine rings is 1. The first-order valence-electron chi connectivity index (χ1n) is 5.96. The van der Waals surface area contributed by atoms with Crippen molar-refractivity contribution in [2.45, 2.75) is 52.8 Å². The van der Waals surface area contributed by atoms with Crippen LogP contribution in [0.25, 0.3) is 0 Å². The number of nitrogens with one attached hydrogen (secondary N) is 1. The van der Waals surface area contributed by atoms with Crippen LogP contribution in [-0.2, 0) is 6.54 Å². The molecule has 1 unspecified atom stereocenters. The molecule has 0 spiro atoms. The first kappa shape index (κ1) is 13.0. The molecule has 1 atom stereocenters. The SMILES string of the molecule is CCC(C)Oc1ccc(CNC(C)C)nc1. The van der Waals surface area contributed by atoms with Gasteiger partial charge in [0.25, 0.3) is 0 Å². The van der Waals surface area contributed by atoms with Crippen molar-refractivity contribution in [1.82, 2.24) is 10.3 Å². The zero-order chi connectivity index (χ0) is 12.0. The quantitative estimate of drug-likeness (QED) is 0.803. The second-order valence-electron chi connectivity index (χ2n) is 4.36. The molecule has 0 saturated carbocycles. The molecule has 1 rings (SSSR count). The van der Waals surface area contributed by atoms with E-state index in [1.165, 1.54) is 0 Å². The second kappa shape index (κ2) is 6.48. The van der Waals surface area contributed by atoms with Crippen LogP contribution in [0.5, 0.6) is 5.75 Å². The topological polar surface area (TPSA) is 34.1 Å². The lowest BCUT2D eigenvalue weighted by Crippen LogP contribution is -2.22. The van der Waals surface area contributed by atoms with Crippen LogP contribution in [0.1, 0.15) is 39.8 Å². The van der Waals surface area contributed by atoms with Gasteiger partial charge in [0.1, 0.15) is 5.75 Å². The molecule has 0 fully saturated rings. The molecule has 16 heavy (non-hydrogen) atoms. The highest BCUT2D eigenvalue weighted by Gasteiger charge is 2.02. The van der Waals surface area contributed by atoms with Crippen molar-refractivity contribution in [1.29, 1.82) is 0 Å². The lowest BCUT2D eigenvalue weighted by molar-refractivity contribution is 0.216. The fourth-order valence-electron chi connectivity index (χ4n) is 1.21. The van der Waals surface area contributed by atoms with Crippen LogP contribution in [-0.4, -0.2) is 17.1 Å². The molecule has 90 valence electrons. The van der Waals surface area contributed by atoms with Crippen molar-refractivity contribution in [2.75, 3.05) is 0 Å². The maximum absolute atomic E-state index is 5.66. The summed E-state index contributed by atoms with van der Waals surface area (Å²) >= 11 is 0. The predicted molar refractivity (Wildman–Crippen MR) is 66.6 cm³/mol. The summed E-state index contributed by atoms with van der Waals surface area (Å²) < 4.78 is 5.66. The van der Waals surface area contributed by atoms with Gasteiger partial charge in [-0.15, -0.1) is 0 Å². The van der Waals surface area contributed by atoms with E-state index in [2.05, 4.69) is 38.0 Å². The third-order valence-electron chi connectivity index (χ3n) is 2.40. The van der Waals surface area contributed by atoms with E-state index in [4.69, 9.17) is 4.74 Å². The number of hydrogen-bond donors (Lipinski definition) is 1. The van der Waals surface area contributed by atoms with E-state index in [0.717, 1.165) is 24.4 Å². The first-order valence-corrected chi connectivity index (χ1v) is 5.96. The van der Waals surface area contributed by atoms with Crippen LogP contribution >= 0.6 is 0 Å². The Labute approximate surface area is 98.2 Å². The van der Waals surface area contributed by atoms with Gasteiger partial charge in [0.15, 0.2) is 0 Å². The Bertz CT molecular complexity index is 295. The van der Waals surface area contributed by atoms with Gasteiger partial charge in [0, 0.05) is 12.6 Å². The monoisotopic (exact) mass is 222 g/mol. The van der Waals surface area contributed by atoms with E-state index in [1.54, 1.807) is 6.20 Å². The van der Waals surface area contributed by atoms with E-state index in [-0.39, 0.29) is 6.10 Å². The summed E-state index contributed by atoms with van der Waals surface area (Å²) in [6.45, 7) is 9.23. The Morgan fingerprint density at radius 1 is 1.31 bits per heavy atom. The largest absolute Gasteiger partial charge is 0.489 e. The molecular formula is C13H22N2O. The van der Waals surface area contributed by atoms with Crippen molar-refractivity contribution >= 4 is 0 Å². The molecule has 0 aromatic carbocycles. The van der Waals surface area contributed by atoms with Crippen LogP contribution in [0.15, 0.2) is 18.3 Å². The number of nitrogens with zero attached hydrogens (tertiary/aromatic N) is 1. The summed E-state index contributed by atoms with van der Waals surface area (Å²) in [5.74, 6) is 0.850. The van der Waals surface area contributed by atoms with Crippen molar-refractivity contribution in [2.24, 2.45) is 0 Å². The minimum Gasteiger partial charge on any atom is -0.489 e. The Morgan fingerprint density at radius 3 is 2.56 bits per heavy atom. The van der Waals surface area contributed by atoms with Gasteiger partial charge in [-0.25, -0.2) is 0 Å². The molecule has 0 bridgehead atoms. The fourth-order valence-corrected chi connectivity index (χ4v) is 1.21. The maximum atomic E-state index is 5.66. The van der Waals surface area contributed by atoms with E-state index >= 15 is 0 Å². The second-order valence-corrected chi connectivity index (χ2v) is 4.36. The molecule has 3 nitrogen and oxygen atoms in total. The highest BCUT2D eigenvalue weighted by atomic mass is 16.5. The van der Waals surface area contributed by atoms with Gasteiger partial charge in [-0.3, -0.25) is 4.98 Å². The van der Waals surface area contributed by atoms with E-state index < -0.39 is 0 Å². The van der Waals surface area contributed by atoms with Crippen LogP contribution < -0.4 is 10.1 Å². The van der Waals surface area contributed by atoms with Gasteiger partial charge in [0.2, 0.25) is 0 Å². The summed E-state index contributed by atoms with van der Waals surface area (Å²) in [4.78, 5) is 4.35. The molecule has 0 saturated heterocycles. The standard InChI is InChI=1S/C13H22N2O/c1-5-11(4)16-13-7-6-12(15-9-13)8-14-10(2)3/h6-7,9-11,14H,5,8H2,1-4H3. The van der Waals surface area contributed by atoms with Gasteiger partial charge in [-0.2, -0.15) is 0 Å². The average Bonchev–Trinajstić information content (AvgIpc) is 2.28. The first-order chi connectivity index (χ1) is 7.61.